The van der Waals surface area contributed by atoms with Gasteiger partial charge in [0, 0.05) is 12.8 Å². The lowest BCUT2D eigenvalue weighted by atomic mass is 9.92. The van der Waals surface area contributed by atoms with Gasteiger partial charge in [0.15, 0.2) is 18.3 Å². The van der Waals surface area contributed by atoms with Crippen molar-refractivity contribution in [2.75, 3.05) is 20.3 Å². The van der Waals surface area contributed by atoms with Crippen LogP contribution in [0.2, 0.25) is 0 Å². The van der Waals surface area contributed by atoms with E-state index in [0.717, 1.165) is 44.9 Å². The lowest BCUT2D eigenvalue weighted by molar-refractivity contribution is -0.355. The molecule has 18 nitrogen and oxygen atoms in total. The molecule has 1 fully saturated rings. The zero-order chi connectivity index (χ0) is 50.7. The maximum atomic E-state index is 14.0. The first-order valence-electron chi connectivity index (χ1n) is 23.6. The Morgan fingerprint density at radius 3 is 1.77 bits per heavy atom. The minimum Gasteiger partial charge on any atom is -0.469 e. The highest BCUT2D eigenvalue weighted by atomic mass is 16.8. The number of carboxylic acid groups (broad SMARTS) is 2. The number of amides is 1. The number of hydrogen-bond acceptors (Lipinski definition) is 15. The van der Waals surface area contributed by atoms with E-state index in [9.17, 15) is 43.8 Å². The minimum absolute atomic E-state index is 0.0167. The molecule has 1 saturated heterocycles. The number of ether oxygens (including phenoxy) is 8. The molecule has 380 valence electrons. The van der Waals surface area contributed by atoms with Crippen LogP contribution in [0.25, 0.3) is 0 Å². The molecule has 0 saturated carbocycles. The van der Waals surface area contributed by atoms with Gasteiger partial charge in [-0.3, -0.25) is 9.59 Å². The van der Waals surface area contributed by atoms with E-state index in [2.05, 4.69) is 12.2 Å². The van der Waals surface area contributed by atoms with E-state index >= 15 is 0 Å². The number of carbonyl (C=O) groups excluding carboxylic acids is 5. The van der Waals surface area contributed by atoms with Crippen LogP contribution in [0.15, 0.2) is 103 Å². The molecule has 0 aliphatic carbocycles. The largest absolute Gasteiger partial charge is 0.506 e. The monoisotopic (exact) mass is 975 g/mol. The van der Waals surface area contributed by atoms with Crippen LogP contribution in [0.1, 0.15) is 128 Å². The molecule has 1 aliphatic rings. The molecule has 0 radical (unpaired) electrons. The van der Waals surface area contributed by atoms with Crippen LogP contribution in [-0.2, 0) is 47.5 Å². The van der Waals surface area contributed by atoms with Crippen LogP contribution in [0, 0.1) is 0 Å². The predicted molar refractivity (Wildman–Crippen MR) is 252 cm³/mol. The van der Waals surface area contributed by atoms with Gasteiger partial charge in [-0.2, -0.15) is 0 Å². The molecule has 0 unspecified atom stereocenters. The van der Waals surface area contributed by atoms with Gasteiger partial charge in [0.2, 0.25) is 11.7 Å². The third-order valence-corrected chi connectivity index (χ3v) is 11.4. The van der Waals surface area contributed by atoms with Gasteiger partial charge >= 0.3 is 36.2 Å². The first-order valence-corrected chi connectivity index (χ1v) is 23.6. The van der Waals surface area contributed by atoms with Crippen molar-refractivity contribution >= 4 is 42.1 Å². The summed E-state index contributed by atoms with van der Waals surface area (Å²) in [5, 5.41) is 22.4. The lowest BCUT2D eigenvalue weighted by Gasteiger charge is -2.49. The summed E-state index contributed by atoms with van der Waals surface area (Å²) in [6.07, 6.45) is 0.565. The highest BCUT2D eigenvalue weighted by Crippen LogP contribution is 2.38. The molecule has 1 aliphatic heterocycles. The van der Waals surface area contributed by atoms with Crippen LogP contribution < -0.4 is 5.32 Å². The second-order valence-corrected chi connectivity index (χ2v) is 16.7. The summed E-state index contributed by atoms with van der Waals surface area (Å²) in [5.74, 6) is -5.67. The number of hydrogen-bond donors (Lipinski definition) is 3. The van der Waals surface area contributed by atoms with Crippen molar-refractivity contribution in [3.05, 3.63) is 120 Å². The number of rotatable bonds is 29. The predicted octanol–water partition coefficient (Wildman–Crippen LogP) is 8.86. The summed E-state index contributed by atoms with van der Waals surface area (Å²) in [6.45, 7) is 1.96. The Labute approximate surface area is 407 Å². The van der Waals surface area contributed by atoms with Gasteiger partial charge in [0.1, 0.15) is 18.8 Å². The molecule has 1 amide bonds. The minimum atomic E-state index is -2.29. The molecule has 0 aromatic heterocycles. The zero-order valence-electron chi connectivity index (χ0n) is 39.9. The molecule has 0 bridgehead atoms. The van der Waals surface area contributed by atoms with E-state index in [1.165, 1.54) is 38.3 Å². The second kappa shape index (κ2) is 30.0. The Morgan fingerprint density at radius 1 is 0.671 bits per heavy atom. The molecule has 7 atom stereocenters. The quantitative estimate of drug-likeness (QED) is 0.0254. The normalized spacial score (nSPS) is 19.5. The molecular formula is C52H65NO17. The number of allylic oxidation sites excluding steroid dienone is 1. The molecular weight excluding hydrogens is 911 g/mol. The standard InChI is InChI=1S/C52H65NO17/c1-4-5-6-7-10-22-31-40(66-47(56)36-25-16-13-17-26-36)39(53-42(54)32-23-11-8-9-12-24-33-43(55)63-3)34-65-52(2)46(69-49(58)38-29-20-15-21-30-38)45(67-48(57)37-27-18-14-19-28-37)44(68-51(61)62)41(70-52)35-64-50(59)60/h13-22,25-31,39-41,44-46H,4-12,23-24,32-35H2,1-3H3,(H,53,54)(H,59,60)(H,61,62)/t39-,40+,41+,44-,45-,46+,52-/m0/s1. The van der Waals surface area contributed by atoms with E-state index in [-0.39, 0.29) is 29.1 Å². The Morgan fingerprint density at radius 2 is 1.21 bits per heavy atom. The first kappa shape index (κ1) is 55.8. The molecule has 70 heavy (non-hydrogen) atoms. The molecule has 3 N–H and O–H groups in total. The Kier molecular flexibility index (Phi) is 23.9. The van der Waals surface area contributed by atoms with E-state index in [1.54, 1.807) is 72.8 Å². The van der Waals surface area contributed by atoms with Crippen LogP contribution in [-0.4, -0.2) is 115 Å². The average Bonchev–Trinajstić information content (AvgIpc) is 3.36. The van der Waals surface area contributed by atoms with Crippen LogP contribution >= 0.6 is 0 Å². The second-order valence-electron chi connectivity index (χ2n) is 16.7. The van der Waals surface area contributed by atoms with Crippen molar-refractivity contribution in [3.8, 4) is 0 Å². The van der Waals surface area contributed by atoms with Gasteiger partial charge in [-0.05, 0) is 75.1 Å². The van der Waals surface area contributed by atoms with Crippen molar-refractivity contribution in [1.29, 1.82) is 0 Å². The Bertz CT molecular complexity index is 2140. The van der Waals surface area contributed by atoms with Crippen molar-refractivity contribution in [2.24, 2.45) is 0 Å². The molecule has 3 aromatic rings. The highest BCUT2D eigenvalue weighted by molar-refractivity contribution is 5.91. The van der Waals surface area contributed by atoms with Gasteiger partial charge < -0.3 is 53.4 Å². The van der Waals surface area contributed by atoms with Gasteiger partial charge in [-0.15, -0.1) is 0 Å². The van der Waals surface area contributed by atoms with Crippen molar-refractivity contribution < 1.29 is 81.7 Å². The van der Waals surface area contributed by atoms with Crippen LogP contribution in [0.4, 0.5) is 9.59 Å². The maximum absolute atomic E-state index is 14.0. The highest BCUT2D eigenvalue weighted by Gasteiger charge is 2.60. The fraction of sp³-hybridized carbons (Fsp3) is 0.481. The average molecular weight is 976 g/mol. The summed E-state index contributed by atoms with van der Waals surface area (Å²) in [6, 6.07) is 22.3. The first-order chi connectivity index (χ1) is 33.7. The summed E-state index contributed by atoms with van der Waals surface area (Å²) < 4.78 is 45.8. The molecule has 3 aromatic carbocycles. The van der Waals surface area contributed by atoms with E-state index in [4.69, 9.17) is 37.9 Å². The smallest absolute Gasteiger partial charge is 0.469 e. The summed E-state index contributed by atoms with van der Waals surface area (Å²) in [5.41, 5.74) is 0.280. The zero-order valence-corrected chi connectivity index (χ0v) is 39.9. The molecule has 0 spiro atoms. The summed E-state index contributed by atoms with van der Waals surface area (Å²) in [7, 11) is 1.35. The van der Waals surface area contributed by atoms with Crippen molar-refractivity contribution in [3.63, 3.8) is 0 Å². The third-order valence-electron chi connectivity index (χ3n) is 11.4. The van der Waals surface area contributed by atoms with Crippen LogP contribution in [0.3, 0.4) is 0 Å². The number of esters is 4. The molecule has 4 rings (SSSR count). The van der Waals surface area contributed by atoms with Crippen LogP contribution in [0.5, 0.6) is 0 Å². The Hall–Kier alpha value is -6.79. The fourth-order valence-electron chi connectivity index (χ4n) is 7.66. The van der Waals surface area contributed by atoms with Crippen molar-refractivity contribution in [2.45, 2.75) is 140 Å². The molecule has 1 heterocycles. The molecule has 18 heteroatoms. The van der Waals surface area contributed by atoms with E-state index < -0.39 is 91.7 Å². The van der Waals surface area contributed by atoms with E-state index in [0.29, 0.717) is 32.1 Å². The third kappa shape index (κ3) is 19.0. The van der Waals surface area contributed by atoms with Gasteiger partial charge in [-0.1, -0.05) is 113 Å². The van der Waals surface area contributed by atoms with Gasteiger partial charge in [0.25, 0.3) is 0 Å². The SMILES string of the molecule is CCCCCCC=C[C@@H](OC(=O)c1ccccc1)[C@H](CO[C@@]1(C)O[C@H](COC(=O)O)[C@H](OC(=O)O)[C@H](OC(=O)c2ccccc2)[C@H]1OC(=O)c1ccccc1)NC(=O)CCCCCCCCC(=O)OC. The summed E-state index contributed by atoms with van der Waals surface area (Å²) >= 11 is 0. The number of benzene rings is 3. The van der Waals surface area contributed by atoms with Crippen molar-refractivity contribution in [1.82, 2.24) is 5.32 Å². The lowest BCUT2D eigenvalue weighted by Crippen LogP contribution is -2.68. The van der Waals surface area contributed by atoms with E-state index in [1.807, 2.05) is 6.08 Å². The fourth-order valence-corrected chi connectivity index (χ4v) is 7.66. The number of carbonyl (C=O) groups is 7. The number of unbranched alkanes of at least 4 members (excludes halogenated alkanes) is 9. The van der Waals surface area contributed by atoms with Gasteiger partial charge in [0.05, 0.1) is 36.4 Å². The summed E-state index contributed by atoms with van der Waals surface area (Å²) in [4.78, 5) is 90.9. The Balaban J connectivity index is 1.75. The number of methoxy groups -OCH3 is 1. The maximum Gasteiger partial charge on any atom is 0.506 e. The van der Waals surface area contributed by atoms with Gasteiger partial charge in [-0.25, -0.2) is 24.0 Å². The number of nitrogens with one attached hydrogen (secondary N) is 1. The topological polar surface area (TPSA) is 246 Å².